The zero-order valence-corrected chi connectivity index (χ0v) is 25.1. The molecular formula is C40H39B. The van der Waals surface area contributed by atoms with Crippen LogP contribution in [0.25, 0.3) is 34.4 Å². The summed E-state index contributed by atoms with van der Waals surface area (Å²) in [6.45, 7) is 11.3. The molecule has 0 aromatic heterocycles. The van der Waals surface area contributed by atoms with E-state index in [2.05, 4.69) is 144 Å². The van der Waals surface area contributed by atoms with E-state index in [1.165, 1.54) is 90.4 Å². The lowest BCUT2D eigenvalue weighted by Crippen LogP contribution is -2.55. The zero-order chi connectivity index (χ0) is 28.5. The number of benzene rings is 5. The van der Waals surface area contributed by atoms with Gasteiger partial charge in [0.15, 0.2) is 0 Å². The van der Waals surface area contributed by atoms with Crippen molar-refractivity contribution in [1.82, 2.24) is 0 Å². The topological polar surface area (TPSA) is 0 Å². The number of aryl methyl sites for hydroxylation is 5. The van der Waals surface area contributed by atoms with Gasteiger partial charge in [-0.05, 0) is 86.1 Å². The molecule has 1 aliphatic rings. The highest BCUT2D eigenvalue weighted by atomic mass is 14.2. The second-order valence-corrected chi connectivity index (χ2v) is 11.9. The summed E-state index contributed by atoms with van der Waals surface area (Å²) in [5, 5.41) is 0. The zero-order valence-electron chi connectivity index (χ0n) is 25.1. The molecule has 0 saturated heterocycles. The molecule has 1 aliphatic heterocycles. The van der Waals surface area contributed by atoms with Gasteiger partial charge in [-0.1, -0.05) is 155 Å². The van der Waals surface area contributed by atoms with E-state index in [4.69, 9.17) is 0 Å². The molecule has 41 heavy (non-hydrogen) atoms. The standard InChI is InChI=1S/C40H39B/c1-6-7-8-37-24-29(4)23-30(5)40(37)41-38-21-19-33(31-13-9-27(2)10-14-31)25-35(38)17-18-36-26-34(20-22-39(36)41)32-15-11-28(3)12-16-32/h9-26H,6-8H2,1-5H3. The highest BCUT2D eigenvalue weighted by molar-refractivity contribution is 6.97. The quantitative estimate of drug-likeness (QED) is 0.189. The van der Waals surface area contributed by atoms with E-state index in [0.29, 0.717) is 0 Å². The largest absolute Gasteiger partial charge is 0.243 e. The van der Waals surface area contributed by atoms with E-state index in [0.717, 1.165) is 6.42 Å². The van der Waals surface area contributed by atoms with Crippen LogP contribution in [0.1, 0.15) is 58.7 Å². The SMILES string of the molecule is CCCCc1cc(C)cc(C)c1B1c2ccc(-c3ccc(C)cc3)cc2C=Cc2cc(-c3ccc(C)cc3)ccc21. The smallest absolute Gasteiger partial charge is 0.0658 e. The Morgan fingerprint density at radius 3 is 1.49 bits per heavy atom. The van der Waals surface area contributed by atoms with Crippen LogP contribution in [-0.4, -0.2) is 6.71 Å². The van der Waals surface area contributed by atoms with Crippen molar-refractivity contribution in [3.8, 4) is 22.3 Å². The number of hydrogen-bond acceptors (Lipinski definition) is 0. The van der Waals surface area contributed by atoms with Gasteiger partial charge in [0.2, 0.25) is 6.71 Å². The molecular weight excluding hydrogens is 491 g/mol. The van der Waals surface area contributed by atoms with E-state index >= 15 is 0 Å². The normalized spacial score (nSPS) is 12.2. The van der Waals surface area contributed by atoms with Gasteiger partial charge in [-0.2, -0.15) is 0 Å². The van der Waals surface area contributed by atoms with Crippen LogP contribution in [0, 0.1) is 27.7 Å². The van der Waals surface area contributed by atoms with Gasteiger partial charge in [0.25, 0.3) is 0 Å². The summed E-state index contributed by atoms with van der Waals surface area (Å²) in [5.74, 6) is 0. The fraction of sp³-hybridized carbons (Fsp3) is 0.200. The molecule has 0 nitrogen and oxygen atoms in total. The average molecular weight is 531 g/mol. The van der Waals surface area contributed by atoms with Gasteiger partial charge < -0.3 is 0 Å². The summed E-state index contributed by atoms with van der Waals surface area (Å²) in [6, 6.07) is 36.8. The fourth-order valence-corrected chi connectivity index (χ4v) is 6.53. The number of fused-ring (bicyclic) bond motifs is 2. The molecule has 1 heteroatoms. The molecule has 1 heterocycles. The first-order valence-corrected chi connectivity index (χ1v) is 15.1. The monoisotopic (exact) mass is 530 g/mol. The molecule has 0 amide bonds. The van der Waals surface area contributed by atoms with Crippen LogP contribution in [0.3, 0.4) is 0 Å². The van der Waals surface area contributed by atoms with Crippen LogP contribution in [-0.2, 0) is 6.42 Å². The van der Waals surface area contributed by atoms with Gasteiger partial charge in [-0.15, -0.1) is 0 Å². The molecule has 0 bridgehead atoms. The summed E-state index contributed by atoms with van der Waals surface area (Å²) in [7, 11) is 0. The Morgan fingerprint density at radius 1 is 0.512 bits per heavy atom. The first kappa shape index (κ1) is 27.1. The van der Waals surface area contributed by atoms with Crippen molar-refractivity contribution < 1.29 is 0 Å². The predicted molar refractivity (Wildman–Crippen MR) is 181 cm³/mol. The summed E-state index contributed by atoms with van der Waals surface area (Å²) in [5.41, 5.74) is 18.8. The van der Waals surface area contributed by atoms with E-state index in [1.807, 2.05) is 0 Å². The first-order chi connectivity index (χ1) is 19.9. The maximum absolute atomic E-state index is 2.44. The number of rotatable bonds is 6. The second kappa shape index (κ2) is 11.4. The third-order valence-corrected chi connectivity index (χ3v) is 8.71. The van der Waals surface area contributed by atoms with Crippen LogP contribution >= 0.6 is 0 Å². The summed E-state index contributed by atoms with van der Waals surface area (Å²) < 4.78 is 0. The van der Waals surface area contributed by atoms with Crippen LogP contribution in [0.2, 0.25) is 0 Å². The molecule has 0 radical (unpaired) electrons. The van der Waals surface area contributed by atoms with Crippen LogP contribution in [0.15, 0.2) is 97.1 Å². The molecule has 0 fully saturated rings. The first-order valence-electron chi connectivity index (χ1n) is 15.1. The summed E-state index contributed by atoms with van der Waals surface area (Å²) in [6.07, 6.45) is 8.22. The lowest BCUT2D eigenvalue weighted by Gasteiger charge is -2.24. The molecule has 0 unspecified atom stereocenters. The fourth-order valence-electron chi connectivity index (χ4n) is 6.53. The summed E-state index contributed by atoms with van der Waals surface area (Å²) >= 11 is 0. The minimum absolute atomic E-state index is 0.182. The third kappa shape index (κ3) is 5.47. The predicted octanol–water partition coefficient (Wildman–Crippen LogP) is 8.60. The molecule has 0 aliphatic carbocycles. The Morgan fingerprint density at radius 2 is 1.00 bits per heavy atom. The number of unbranched alkanes of at least 4 members (excludes halogenated alkanes) is 1. The van der Waals surface area contributed by atoms with E-state index < -0.39 is 0 Å². The molecule has 5 aromatic rings. The van der Waals surface area contributed by atoms with E-state index in [-0.39, 0.29) is 6.71 Å². The average Bonchev–Trinajstić information content (AvgIpc) is 3.13. The van der Waals surface area contributed by atoms with Crippen molar-refractivity contribution in [2.45, 2.75) is 53.9 Å². The highest BCUT2D eigenvalue weighted by Crippen LogP contribution is 2.26. The maximum atomic E-state index is 2.44. The van der Waals surface area contributed by atoms with Crippen LogP contribution in [0.5, 0.6) is 0 Å². The molecule has 0 atom stereocenters. The lowest BCUT2D eigenvalue weighted by atomic mass is 9.34. The Bertz CT molecular complexity index is 1640. The van der Waals surface area contributed by atoms with Gasteiger partial charge in [0.05, 0.1) is 0 Å². The lowest BCUT2D eigenvalue weighted by molar-refractivity contribution is 0.796. The van der Waals surface area contributed by atoms with Crippen molar-refractivity contribution in [3.05, 3.63) is 136 Å². The summed E-state index contributed by atoms with van der Waals surface area (Å²) in [4.78, 5) is 0. The maximum Gasteiger partial charge on any atom is 0.243 e. The van der Waals surface area contributed by atoms with Crippen molar-refractivity contribution in [2.75, 3.05) is 0 Å². The minimum Gasteiger partial charge on any atom is -0.0658 e. The van der Waals surface area contributed by atoms with Gasteiger partial charge >= 0.3 is 0 Å². The van der Waals surface area contributed by atoms with Crippen LogP contribution in [0.4, 0.5) is 0 Å². The van der Waals surface area contributed by atoms with E-state index in [9.17, 15) is 0 Å². The molecule has 0 spiro atoms. The van der Waals surface area contributed by atoms with Crippen molar-refractivity contribution in [3.63, 3.8) is 0 Å². The molecule has 0 N–H and O–H groups in total. The van der Waals surface area contributed by atoms with Gasteiger partial charge in [0, 0.05) is 0 Å². The van der Waals surface area contributed by atoms with Crippen molar-refractivity contribution in [2.24, 2.45) is 0 Å². The van der Waals surface area contributed by atoms with Gasteiger partial charge in [-0.25, -0.2) is 0 Å². The van der Waals surface area contributed by atoms with Crippen molar-refractivity contribution >= 4 is 35.3 Å². The molecule has 0 saturated carbocycles. The van der Waals surface area contributed by atoms with Crippen LogP contribution < -0.4 is 16.4 Å². The van der Waals surface area contributed by atoms with Gasteiger partial charge in [0.1, 0.15) is 0 Å². The molecule has 5 aromatic carbocycles. The Kier molecular flexibility index (Phi) is 7.54. The second-order valence-electron chi connectivity index (χ2n) is 11.9. The third-order valence-electron chi connectivity index (χ3n) is 8.71. The molecule has 6 rings (SSSR count). The van der Waals surface area contributed by atoms with Crippen molar-refractivity contribution in [1.29, 1.82) is 0 Å². The Balaban J connectivity index is 1.57. The van der Waals surface area contributed by atoms with E-state index in [1.54, 1.807) is 0 Å². The molecule has 202 valence electrons. The Hall–Kier alpha value is -4.10. The van der Waals surface area contributed by atoms with Gasteiger partial charge in [-0.3, -0.25) is 0 Å². The minimum atomic E-state index is 0.182. The highest BCUT2D eigenvalue weighted by Gasteiger charge is 2.31. The number of hydrogen-bond donors (Lipinski definition) is 0. The Labute approximate surface area is 246 Å².